The van der Waals surface area contributed by atoms with E-state index in [2.05, 4.69) is 16.5 Å². The van der Waals surface area contributed by atoms with E-state index in [9.17, 15) is 18.3 Å². The van der Waals surface area contributed by atoms with Gasteiger partial charge in [0.2, 0.25) is 0 Å². The summed E-state index contributed by atoms with van der Waals surface area (Å²) in [5.74, 6) is -0.0750. The van der Waals surface area contributed by atoms with Gasteiger partial charge in [0.25, 0.3) is 10.0 Å². The van der Waals surface area contributed by atoms with E-state index in [1.54, 1.807) is 18.2 Å². The smallest absolute Gasteiger partial charge is 0.337 e. The quantitative estimate of drug-likeness (QED) is 0.710. The average molecular weight is 419 g/mol. The van der Waals surface area contributed by atoms with Gasteiger partial charge in [-0.2, -0.15) is 0 Å². The Kier molecular flexibility index (Phi) is 6.32. The molecule has 0 radical (unpaired) electrons. The van der Waals surface area contributed by atoms with Crippen LogP contribution in [-0.4, -0.2) is 39.2 Å². The molecule has 1 heterocycles. The lowest BCUT2D eigenvalue weighted by molar-refractivity contribution is 0.0698. The molecule has 1 aliphatic heterocycles. The molecule has 0 aliphatic carbocycles. The van der Waals surface area contributed by atoms with Crippen LogP contribution < -0.4 is 14.4 Å². The number of benzene rings is 2. The standard InChI is InChI=1S/C21H26N2O5S/c1-3-28-17-7-9-18(10-8-17)29(26,27)22-20-11-6-16(13-19(20)21(24)25)23-12-4-5-15(2)14-23/h6-11,13,15,22H,3-5,12,14H2,1-2H3,(H,24,25). The maximum absolute atomic E-state index is 12.7. The Labute approximate surface area is 171 Å². The Morgan fingerprint density at radius 3 is 2.59 bits per heavy atom. The van der Waals surface area contributed by atoms with Crippen molar-refractivity contribution in [3.05, 3.63) is 48.0 Å². The highest BCUT2D eigenvalue weighted by Gasteiger charge is 2.22. The summed E-state index contributed by atoms with van der Waals surface area (Å²) in [6.45, 7) is 6.21. The predicted molar refractivity (Wildman–Crippen MR) is 112 cm³/mol. The molecule has 29 heavy (non-hydrogen) atoms. The molecule has 2 aromatic carbocycles. The summed E-state index contributed by atoms with van der Waals surface area (Å²) >= 11 is 0. The number of piperidine rings is 1. The molecular weight excluding hydrogens is 392 g/mol. The normalized spacial score (nSPS) is 17.0. The van der Waals surface area contributed by atoms with E-state index >= 15 is 0 Å². The molecule has 0 spiro atoms. The molecular formula is C21H26N2O5S. The molecule has 1 atom stereocenters. The monoisotopic (exact) mass is 418 g/mol. The lowest BCUT2D eigenvalue weighted by Crippen LogP contribution is -2.34. The van der Waals surface area contributed by atoms with Crippen LogP contribution in [0.4, 0.5) is 11.4 Å². The molecule has 2 N–H and O–H groups in total. The molecule has 8 heteroatoms. The number of hydrogen-bond donors (Lipinski definition) is 2. The second-order valence-electron chi connectivity index (χ2n) is 7.24. The summed E-state index contributed by atoms with van der Waals surface area (Å²) in [6.07, 6.45) is 2.21. The van der Waals surface area contributed by atoms with Gasteiger partial charge in [0.15, 0.2) is 0 Å². The Morgan fingerprint density at radius 2 is 1.97 bits per heavy atom. The summed E-state index contributed by atoms with van der Waals surface area (Å²) in [6, 6.07) is 10.8. The molecule has 0 saturated carbocycles. The lowest BCUT2D eigenvalue weighted by Gasteiger charge is -2.33. The minimum atomic E-state index is -3.93. The lowest BCUT2D eigenvalue weighted by atomic mass is 9.99. The second kappa shape index (κ2) is 8.73. The third kappa shape index (κ3) is 5.00. The van der Waals surface area contributed by atoms with Crippen molar-refractivity contribution in [2.75, 3.05) is 29.3 Å². The first-order valence-corrected chi connectivity index (χ1v) is 11.2. The Morgan fingerprint density at radius 1 is 1.24 bits per heavy atom. The van der Waals surface area contributed by atoms with Gasteiger partial charge in [0.05, 0.1) is 22.8 Å². The van der Waals surface area contributed by atoms with Gasteiger partial charge in [0, 0.05) is 18.8 Å². The van der Waals surface area contributed by atoms with Crippen LogP contribution in [0.15, 0.2) is 47.4 Å². The van der Waals surface area contributed by atoms with Crippen molar-refractivity contribution < 1.29 is 23.1 Å². The van der Waals surface area contributed by atoms with Gasteiger partial charge < -0.3 is 14.7 Å². The number of nitrogens with zero attached hydrogens (tertiary/aromatic N) is 1. The number of anilines is 2. The van der Waals surface area contributed by atoms with Gasteiger partial charge in [-0.1, -0.05) is 6.92 Å². The molecule has 1 unspecified atom stereocenters. The van der Waals surface area contributed by atoms with Gasteiger partial charge in [-0.25, -0.2) is 13.2 Å². The van der Waals surface area contributed by atoms with Crippen molar-refractivity contribution in [1.29, 1.82) is 0 Å². The number of carbonyl (C=O) groups is 1. The summed E-state index contributed by atoms with van der Waals surface area (Å²) in [7, 11) is -3.93. The van der Waals surface area contributed by atoms with Crippen LogP contribution in [0.5, 0.6) is 5.75 Å². The fraction of sp³-hybridized carbons (Fsp3) is 0.381. The van der Waals surface area contributed by atoms with Gasteiger partial charge in [-0.05, 0) is 68.1 Å². The highest BCUT2D eigenvalue weighted by Crippen LogP contribution is 2.29. The van der Waals surface area contributed by atoms with Gasteiger partial charge in [0.1, 0.15) is 5.75 Å². The van der Waals surface area contributed by atoms with E-state index in [1.807, 2.05) is 6.92 Å². The maximum atomic E-state index is 12.7. The van der Waals surface area contributed by atoms with Crippen LogP contribution in [0.3, 0.4) is 0 Å². The van der Waals surface area contributed by atoms with Crippen molar-refractivity contribution in [3.63, 3.8) is 0 Å². The zero-order valence-electron chi connectivity index (χ0n) is 16.6. The Hall–Kier alpha value is -2.74. The maximum Gasteiger partial charge on any atom is 0.337 e. The molecule has 156 valence electrons. The van der Waals surface area contributed by atoms with Gasteiger partial charge >= 0.3 is 5.97 Å². The summed E-state index contributed by atoms with van der Waals surface area (Å²) in [4.78, 5) is 14.0. The number of nitrogens with one attached hydrogen (secondary N) is 1. The first-order chi connectivity index (χ1) is 13.8. The summed E-state index contributed by atoms with van der Waals surface area (Å²) in [5, 5.41) is 9.63. The average Bonchev–Trinajstić information content (AvgIpc) is 2.68. The molecule has 1 aliphatic rings. The van der Waals surface area contributed by atoms with Crippen molar-refractivity contribution in [1.82, 2.24) is 0 Å². The van der Waals surface area contributed by atoms with Crippen molar-refractivity contribution >= 4 is 27.4 Å². The zero-order valence-corrected chi connectivity index (χ0v) is 17.4. The highest BCUT2D eigenvalue weighted by atomic mass is 32.2. The highest BCUT2D eigenvalue weighted by molar-refractivity contribution is 7.92. The van der Waals surface area contributed by atoms with Crippen LogP contribution in [0, 0.1) is 5.92 Å². The third-order valence-corrected chi connectivity index (χ3v) is 6.33. The molecule has 3 rings (SSSR count). The van der Waals surface area contributed by atoms with E-state index in [0.29, 0.717) is 18.3 Å². The second-order valence-corrected chi connectivity index (χ2v) is 8.92. The van der Waals surface area contributed by atoms with Gasteiger partial charge in [-0.3, -0.25) is 4.72 Å². The number of hydrogen-bond acceptors (Lipinski definition) is 5. The van der Waals surface area contributed by atoms with Gasteiger partial charge in [-0.15, -0.1) is 0 Å². The van der Waals surface area contributed by atoms with Crippen LogP contribution in [-0.2, 0) is 10.0 Å². The first-order valence-electron chi connectivity index (χ1n) is 9.68. The van der Waals surface area contributed by atoms with Crippen molar-refractivity contribution in [2.24, 2.45) is 5.92 Å². The Bertz CT molecular complexity index is 973. The van der Waals surface area contributed by atoms with Crippen LogP contribution in [0.25, 0.3) is 0 Å². The van der Waals surface area contributed by atoms with E-state index in [1.165, 1.54) is 24.3 Å². The SMILES string of the molecule is CCOc1ccc(S(=O)(=O)Nc2ccc(N3CCCC(C)C3)cc2C(=O)O)cc1. The predicted octanol–water partition coefficient (Wildman–Crippen LogP) is 3.82. The molecule has 7 nitrogen and oxygen atoms in total. The molecule has 1 fully saturated rings. The topological polar surface area (TPSA) is 95.9 Å². The van der Waals surface area contributed by atoms with E-state index in [-0.39, 0.29) is 16.1 Å². The summed E-state index contributed by atoms with van der Waals surface area (Å²) in [5.41, 5.74) is 0.758. The first kappa shape index (κ1) is 21.0. The summed E-state index contributed by atoms with van der Waals surface area (Å²) < 4.78 is 33.2. The number of ether oxygens (including phenoxy) is 1. The van der Waals surface area contributed by atoms with Crippen molar-refractivity contribution in [3.8, 4) is 5.75 Å². The zero-order chi connectivity index (χ0) is 21.0. The number of rotatable bonds is 7. The molecule has 0 aromatic heterocycles. The van der Waals surface area contributed by atoms with E-state index in [0.717, 1.165) is 31.6 Å². The Balaban J connectivity index is 1.86. The molecule has 0 bridgehead atoms. The fourth-order valence-electron chi connectivity index (χ4n) is 3.50. The third-order valence-electron chi connectivity index (χ3n) is 4.95. The number of carboxylic acid groups (broad SMARTS) is 1. The number of aromatic carboxylic acids is 1. The van der Waals surface area contributed by atoms with Crippen LogP contribution >= 0.6 is 0 Å². The largest absolute Gasteiger partial charge is 0.494 e. The van der Waals surface area contributed by atoms with Crippen LogP contribution in [0.1, 0.15) is 37.0 Å². The minimum absolute atomic E-state index is 0.0335. The molecule has 1 saturated heterocycles. The van der Waals surface area contributed by atoms with E-state index < -0.39 is 16.0 Å². The molecule has 2 aromatic rings. The van der Waals surface area contributed by atoms with Crippen molar-refractivity contribution in [2.45, 2.75) is 31.6 Å². The molecule has 0 amide bonds. The number of sulfonamides is 1. The van der Waals surface area contributed by atoms with Crippen LogP contribution in [0.2, 0.25) is 0 Å². The number of carboxylic acids is 1. The minimum Gasteiger partial charge on any atom is -0.494 e. The van der Waals surface area contributed by atoms with E-state index in [4.69, 9.17) is 4.74 Å². The fourth-order valence-corrected chi connectivity index (χ4v) is 4.58.